The molecular formula is C21H28FN9O2. The van der Waals surface area contributed by atoms with Crippen LogP contribution in [0, 0.1) is 5.82 Å². The third-order valence-electron chi connectivity index (χ3n) is 5.79. The fourth-order valence-corrected chi connectivity index (χ4v) is 3.87. The molecule has 5 N–H and O–H groups in total. The number of amides is 2. The second-order valence-electron chi connectivity index (χ2n) is 7.92. The molecule has 12 heteroatoms. The molecule has 0 radical (unpaired) electrons. The Morgan fingerprint density at radius 1 is 1.15 bits per heavy atom. The number of piperazine rings is 1. The number of aliphatic imine (C=N–C) groups is 1. The molecular weight excluding hydrogens is 429 g/mol. The van der Waals surface area contributed by atoms with Crippen LogP contribution in [-0.2, 0) is 11.3 Å². The lowest BCUT2D eigenvalue weighted by Gasteiger charge is -2.39. The van der Waals surface area contributed by atoms with E-state index in [9.17, 15) is 4.79 Å². The van der Waals surface area contributed by atoms with Gasteiger partial charge in [-0.25, -0.2) is 19.2 Å². The van der Waals surface area contributed by atoms with E-state index in [4.69, 9.17) is 16.2 Å². The van der Waals surface area contributed by atoms with Crippen LogP contribution in [0.15, 0.2) is 35.6 Å². The predicted octanol–water partition coefficient (Wildman–Crippen LogP) is 0.260. The molecule has 0 unspecified atom stereocenters. The Labute approximate surface area is 191 Å². The summed E-state index contributed by atoms with van der Waals surface area (Å²) < 4.78 is 20.4. The predicted molar refractivity (Wildman–Crippen MR) is 124 cm³/mol. The van der Waals surface area contributed by atoms with E-state index in [0.717, 1.165) is 18.8 Å². The smallest absolute Gasteiger partial charge is 0.344 e. The molecule has 33 heavy (non-hydrogen) atoms. The van der Waals surface area contributed by atoms with E-state index in [1.165, 1.54) is 0 Å². The first-order valence-corrected chi connectivity index (χ1v) is 10.7. The Morgan fingerprint density at radius 3 is 2.45 bits per heavy atom. The number of guanidine groups is 1. The molecule has 2 saturated heterocycles. The summed E-state index contributed by atoms with van der Waals surface area (Å²) in [5, 5.41) is 2.48. The SMILES string of the molecule is COC1CN(c2ncc(N3CCN(c4cccc(CNC(=O)N=C(N)N)c4F)CC3)cn2)C1. The number of methoxy groups -OCH3 is 1. The molecule has 2 fully saturated rings. The molecule has 1 aromatic carbocycles. The van der Waals surface area contributed by atoms with Crippen molar-refractivity contribution in [2.75, 3.05) is 61.1 Å². The van der Waals surface area contributed by atoms with E-state index in [2.05, 4.69) is 30.1 Å². The molecule has 11 nitrogen and oxygen atoms in total. The summed E-state index contributed by atoms with van der Waals surface area (Å²) in [6.07, 6.45) is 3.91. The lowest BCUT2D eigenvalue weighted by atomic mass is 10.1. The Balaban J connectivity index is 1.33. The molecule has 0 spiro atoms. The second kappa shape index (κ2) is 9.86. The number of carbonyl (C=O) groups excluding carboxylic acids is 1. The van der Waals surface area contributed by atoms with Crippen LogP contribution < -0.4 is 31.5 Å². The van der Waals surface area contributed by atoms with Gasteiger partial charge in [0.05, 0.1) is 29.9 Å². The van der Waals surface area contributed by atoms with Gasteiger partial charge in [-0.15, -0.1) is 0 Å². The number of nitrogens with one attached hydrogen (secondary N) is 1. The number of nitrogens with zero attached hydrogens (tertiary/aromatic N) is 6. The maximum atomic E-state index is 15.1. The first-order valence-electron chi connectivity index (χ1n) is 10.7. The molecule has 3 heterocycles. The van der Waals surface area contributed by atoms with Crippen LogP contribution in [0.2, 0.25) is 0 Å². The standard InChI is InChI=1S/C21H28FN9O2/c1-33-16-12-31(13-16)20-25-10-15(11-26-20)29-5-7-30(8-6-29)17-4-2-3-14(18(17)22)9-27-21(32)28-19(23)24/h2-4,10-11,16H,5-9,12-13H2,1H3,(H5,23,24,27,28,32). The van der Waals surface area contributed by atoms with Crippen molar-refractivity contribution >= 4 is 29.3 Å². The summed E-state index contributed by atoms with van der Waals surface area (Å²) in [7, 11) is 1.71. The van der Waals surface area contributed by atoms with Crippen molar-refractivity contribution in [3.8, 4) is 0 Å². The highest BCUT2D eigenvalue weighted by molar-refractivity contribution is 5.90. The number of benzene rings is 1. The number of nitrogens with two attached hydrogens (primary N) is 2. The third-order valence-corrected chi connectivity index (χ3v) is 5.79. The minimum Gasteiger partial charge on any atom is -0.378 e. The summed E-state index contributed by atoms with van der Waals surface area (Å²) in [5.74, 6) is -0.0102. The summed E-state index contributed by atoms with van der Waals surface area (Å²) in [6, 6.07) is 4.42. The summed E-state index contributed by atoms with van der Waals surface area (Å²) >= 11 is 0. The average molecular weight is 458 g/mol. The minimum atomic E-state index is -0.714. The van der Waals surface area contributed by atoms with Gasteiger partial charge in [-0.3, -0.25) is 0 Å². The number of hydrogen-bond donors (Lipinski definition) is 3. The van der Waals surface area contributed by atoms with Crippen LogP contribution in [0.25, 0.3) is 0 Å². The van der Waals surface area contributed by atoms with E-state index in [0.29, 0.717) is 43.4 Å². The fraction of sp³-hybridized carbons (Fsp3) is 0.429. The molecule has 0 bridgehead atoms. The zero-order chi connectivity index (χ0) is 23.4. The number of carbonyl (C=O) groups is 1. The second-order valence-corrected chi connectivity index (χ2v) is 7.92. The number of aromatic nitrogens is 2. The van der Waals surface area contributed by atoms with Gasteiger partial charge in [0, 0.05) is 58.5 Å². The number of ether oxygens (including phenoxy) is 1. The van der Waals surface area contributed by atoms with Gasteiger partial charge in [0.1, 0.15) is 0 Å². The lowest BCUT2D eigenvalue weighted by molar-refractivity contribution is 0.0778. The number of urea groups is 1. The Morgan fingerprint density at radius 2 is 1.82 bits per heavy atom. The molecule has 2 amide bonds. The van der Waals surface area contributed by atoms with Crippen molar-refractivity contribution in [3.63, 3.8) is 0 Å². The first-order chi connectivity index (χ1) is 15.9. The molecule has 2 aliphatic heterocycles. The zero-order valence-electron chi connectivity index (χ0n) is 18.4. The molecule has 0 saturated carbocycles. The third kappa shape index (κ3) is 5.22. The van der Waals surface area contributed by atoms with Crippen LogP contribution in [0.1, 0.15) is 5.56 Å². The van der Waals surface area contributed by atoms with Crippen molar-refractivity contribution in [2.24, 2.45) is 16.5 Å². The van der Waals surface area contributed by atoms with Crippen molar-refractivity contribution in [3.05, 3.63) is 42.0 Å². The van der Waals surface area contributed by atoms with E-state index in [-0.39, 0.29) is 24.4 Å². The topological polar surface area (TPSA) is 138 Å². The summed E-state index contributed by atoms with van der Waals surface area (Å²) in [4.78, 5) is 30.2. The van der Waals surface area contributed by atoms with Crippen LogP contribution in [0.5, 0.6) is 0 Å². The Hall–Kier alpha value is -3.67. The van der Waals surface area contributed by atoms with Gasteiger partial charge in [0.25, 0.3) is 0 Å². The van der Waals surface area contributed by atoms with Gasteiger partial charge in [0.15, 0.2) is 11.8 Å². The van der Waals surface area contributed by atoms with Gasteiger partial charge in [-0.2, -0.15) is 4.99 Å². The largest absolute Gasteiger partial charge is 0.378 e. The van der Waals surface area contributed by atoms with E-state index in [1.807, 2.05) is 17.3 Å². The molecule has 4 rings (SSSR count). The first kappa shape index (κ1) is 22.5. The monoisotopic (exact) mass is 457 g/mol. The normalized spacial score (nSPS) is 16.4. The van der Waals surface area contributed by atoms with E-state index in [1.54, 1.807) is 25.3 Å². The highest BCUT2D eigenvalue weighted by Gasteiger charge is 2.28. The highest BCUT2D eigenvalue weighted by Crippen LogP contribution is 2.26. The van der Waals surface area contributed by atoms with Crippen molar-refractivity contribution in [2.45, 2.75) is 12.6 Å². The molecule has 2 aliphatic rings. The van der Waals surface area contributed by atoms with Gasteiger partial charge in [0.2, 0.25) is 5.95 Å². The van der Waals surface area contributed by atoms with Crippen molar-refractivity contribution in [1.82, 2.24) is 15.3 Å². The van der Waals surface area contributed by atoms with Crippen molar-refractivity contribution in [1.29, 1.82) is 0 Å². The van der Waals surface area contributed by atoms with Crippen molar-refractivity contribution < 1.29 is 13.9 Å². The molecule has 1 aromatic heterocycles. The minimum absolute atomic E-state index is 0.0128. The van der Waals surface area contributed by atoms with Crippen LogP contribution in [0.3, 0.4) is 0 Å². The molecule has 176 valence electrons. The fourth-order valence-electron chi connectivity index (χ4n) is 3.87. The Bertz CT molecular complexity index is 999. The maximum Gasteiger partial charge on any atom is 0.344 e. The number of rotatable bonds is 6. The molecule has 0 atom stereocenters. The zero-order valence-corrected chi connectivity index (χ0v) is 18.4. The highest BCUT2D eigenvalue weighted by atomic mass is 19.1. The van der Waals surface area contributed by atoms with Gasteiger partial charge in [-0.1, -0.05) is 12.1 Å². The van der Waals surface area contributed by atoms with Gasteiger partial charge in [-0.05, 0) is 6.07 Å². The molecule has 2 aromatic rings. The number of halogens is 1. The quantitative estimate of drug-likeness (QED) is 0.412. The summed E-state index contributed by atoms with van der Waals surface area (Å²) in [6.45, 7) is 4.30. The van der Waals surface area contributed by atoms with Crippen LogP contribution >= 0.6 is 0 Å². The molecule has 0 aliphatic carbocycles. The van der Waals surface area contributed by atoms with Gasteiger partial charge >= 0.3 is 6.03 Å². The van der Waals surface area contributed by atoms with E-state index < -0.39 is 6.03 Å². The summed E-state index contributed by atoms with van der Waals surface area (Å²) in [5.41, 5.74) is 12.2. The lowest BCUT2D eigenvalue weighted by Crippen LogP contribution is -2.52. The van der Waals surface area contributed by atoms with Crippen LogP contribution in [-0.4, -0.2) is 74.4 Å². The number of anilines is 3. The van der Waals surface area contributed by atoms with Gasteiger partial charge < -0.3 is 36.2 Å². The average Bonchev–Trinajstić information content (AvgIpc) is 2.78. The Kier molecular flexibility index (Phi) is 6.73. The number of hydrogen-bond acceptors (Lipinski definition) is 7. The van der Waals surface area contributed by atoms with E-state index >= 15 is 4.39 Å². The van der Waals surface area contributed by atoms with Crippen LogP contribution in [0.4, 0.5) is 26.5 Å². The maximum absolute atomic E-state index is 15.1.